The molecule has 116 valence electrons. The largest absolute Gasteiger partial charge is 0.330 e. The van der Waals surface area contributed by atoms with Crippen molar-refractivity contribution >= 4 is 17.3 Å². The Labute approximate surface area is 124 Å². The zero-order chi connectivity index (χ0) is 15.8. The van der Waals surface area contributed by atoms with E-state index in [0.717, 1.165) is 24.8 Å². The molecule has 1 rings (SSSR count). The van der Waals surface area contributed by atoms with Gasteiger partial charge in [-0.2, -0.15) is 0 Å². The third-order valence-electron chi connectivity index (χ3n) is 3.55. The quantitative estimate of drug-likeness (QED) is 0.568. The molecule has 3 N–H and O–H groups in total. The molecule has 0 aromatic heterocycles. The Bertz CT molecular complexity index is 503. The van der Waals surface area contributed by atoms with Crippen LogP contribution in [0.1, 0.15) is 38.2 Å². The van der Waals surface area contributed by atoms with Gasteiger partial charge in [0.15, 0.2) is 0 Å². The maximum Gasteiger partial charge on any atom is 0.292 e. The number of hydrogen-bond acceptors (Lipinski definition) is 4. The smallest absolute Gasteiger partial charge is 0.292 e. The van der Waals surface area contributed by atoms with E-state index < -0.39 is 4.92 Å². The van der Waals surface area contributed by atoms with Crippen LogP contribution in [0.4, 0.5) is 11.4 Å². The van der Waals surface area contributed by atoms with Gasteiger partial charge >= 0.3 is 0 Å². The van der Waals surface area contributed by atoms with Crippen LogP contribution in [-0.2, 0) is 4.79 Å². The minimum absolute atomic E-state index is 0.0806. The fourth-order valence-electron chi connectivity index (χ4n) is 2.25. The molecule has 0 radical (unpaired) electrons. The molecule has 1 atom stereocenters. The molecule has 6 heteroatoms. The summed E-state index contributed by atoms with van der Waals surface area (Å²) < 4.78 is 0. The van der Waals surface area contributed by atoms with Crippen molar-refractivity contribution in [2.75, 3.05) is 11.9 Å². The lowest BCUT2D eigenvalue weighted by Crippen LogP contribution is -2.15. The number of benzene rings is 1. The van der Waals surface area contributed by atoms with E-state index >= 15 is 0 Å². The van der Waals surface area contributed by atoms with Crippen LogP contribution in [0.25, 0.3) is 0 Å². The standard InChI is InChI=1S/C15H23N3O3/c1-3-12(8-9-16)5-7-15(19)17-13-10-11(2)4-6-14(13)18(20)21/h4,6,10,12H,3,5,7-9,16H2,1-2H3,(H,17,19). The molecule has 0 bridgehead atoms. The lowest BCUT2D eigenvalue weighted by atomic mass is 9.96. The van der Waals surface area contributed by atoms with E-state index in [1.54, 1.807) is 12.1 Å². The third-order valence-corrected chi connectivity index (χ3v) is 3.55. The van der Waals surface area contributed by atoms with Crippen LogP contribution >= 0.6 is 0 Å². The maximum atomic E-state index is 12.0. The number of anilines is 1. The summed E-state index contributed by atoms with van der Waals surface area (Å²) in [6.07, 6.45) is 2.98. The Morgan fingerprint density at radius 1 is 1.43 bits per heavy atom. The van der Waals surface area contributed by atoms with Gasteiger partial charge in [-0.15, -0.1) is 0 Å². The Morgan fingerprint density at radius 3 is 2.71 bits per heavy atom. The van der Waals surface area contributed by atoms with E-state index in [4.69, 9.17) is 5.73 Å². The van der Waals surface area contributed by atoms with Gasteiger partial charge in [-0.1, -0.05) is 19.4 Å². The first-order valence-corrected chi connectivity index (χ1v) is 7.22. The number of carbonyl (C=O) groups excluding carboxylic acids is 1. The summed E-state index contributed by atoms with van der Waals surface area (Å²) in [4.78, 5) is 22.4. The van der Waals surface area contributed by atoms with Crippen molar-refractivity contribution in [3.63, 3.8) is 0 Å². The van der Waals surface area contributed by atoms with Crippen LogP contribution in [0, 0.1) is 23.0 Å². The predicted octanol–water partition coefficient (Wildman–Crippen LogP) is 3.00. The summed E-state index contributed by atoms with van der Waals surface area (Å²) in [5, 5.41) is 13.6. The maximum absolute atomic E-state index is 12.0. The SMILES string of the molecule is CCC(CCN)CCC(=O)Nc1cc(C)ccc1[N+](=O)[O-]. The highest BCUT2D eigenvalue weighted by atomic mass is 16.6. The number of nitrogens with two attached hydrogens (primary N) is 1. The lowest BCUT2D eigenvalue weighted by molar-refractivity contribution is -0.383. The molecule has 0 aliphatic carbocycles. The molecule has 0 aliphatic heterocycles. The number of nitro groups is 1. The van der Waals surface area contributed by atoms with Gasteiger partial charge in [-0.3, -0.25) is 14.9 Å². The van der Waals surface area contributed by atoms with Crippen LogP contribution in [0.2, 0.25) is 0 Å². The molecule has 1 aromatic rings. The molecule has 0 saturated heterocycles. The second-order valence-corrected chi connectivity index (χ2v) is 5.22. The highest BCUT2D eigenvalue weighted by Crippen LogP contribution is 2.25. The van der Waals surface area contributed by atoms with E-state index in [2.05, 4.69) is 12.2 Å². The third kappa shape index (κ3) is 5.51. The number of hydrogen-bond donors (Lipinski definition) is 2. The minimum Gasteiger partial charge on any atom is -0.330 e. The van der Waals surface area contributed by atoms with Crippen molar-refractivity contribution < 1.29 is 9.72 Å². The first kappa shape index (κ1) is 17.1. The number of rotatable bonds is 8. The average molecular weight is 293 g/mol. The number of aryl methyl sites for hydroxylation is 1. The first-order chi connectivity index (χ1) is 9.97. The van der Waals surface area contributed by atoms with Gasteiger partial charge in [-0.25, -0.2) is 0 Å². The molecular formula is C15H23N3O3. The zero-order valence-electron chi connectivity index (χ0n) is 12.6. The Kier molecular flexibility index (Phi) is 6.81. The fraction of sp³-hybridized carbons (Fsp3) is 0.533. The van der Waals surface area contributed by atoms with Gasteiger partial charge in [0.1, 0.15) is 5.69 Å². The molecule has 1 unspecified atom stereocenters. The summed E-state index contributed by atoms with van der Waals surface area (Å²) in [7, 11) is 0. The molecule has 1 amide bonds. The monoisotopic (exact) mass is 293 g/mol. The van der Waals surface area contributed by atoms with E-state index in [-0.39, 0.29) is 17.3 Å². The molecule has 0 spiro atoms. The van der Waals surface area contributed by atoms with Crippen molar-refractivity contribution in [2.24, 2.45) is 11.7 Å². The molecule has 0 aliphatic rings. The van der Waals surface area contributed by atoms with Crippen LogP contribution in [0.5, 0.6) is 0 Å². The topological polar surface area (TPSA) is 98.3 Å². The molecule has 1 aromatic carbocycles. The molecular weight excluding hydrogens is 270 g/mol. The average Bonchev–Trinajstić information content (AvgIpc) is 2.43. The Balaban J connectivity index is 2.66. The number of carbonyl (C=O) groups is 1. The molecule has 0 heterocycles. The second-order valence-electron chi connectivity index (χ2n) is 5.22. The predicted molar refractivity (Wildman–Crippen MR) is 83.1 cm³/mol. The first-order valence-electron chi connectivity index (χ1n) is 7.22. The summed E-state index contributed by atoms with van der Waals surface area (Å²) in [6.45, 7) is 4.51. The summed E-state index contributed by atoms with van der Waals surface area (Å²) in [6, 6.07) is 4.68. The summed E-state index contributed by atoms with van der Waals surface area (Å²) in [5.41, 5.74) is 6.58. The lowest BCUT2D eigenvalue weighted by Gasteiger charge is -2.13. The fourth-order valence-corrected chi connectivity index (χ4v) is 2.25. The van der Waals surface area contributed by atoms with Gasteiger partial charge in [-0.05, 0) is 43.9 Å². The molecule has 0 saturated carbocycles. The van der Waals surface area contributed by atoms with E-state index in [0.29, 0.717) is 18.9 Å². The van der Waals surface area contributed by atoms with Gasteiger partial charge < -0.3 is 11.1 Å². The van der Waals surface area contributed by atoms with Gasteiger partial charge in [0.25, 0.3) is 5.69 Å². The zero-order valence-corrected chi connectivity index (χ0v) is 12.6. The van der Waals surface area contributed by atoms with Gasteiger partial charge in [0, 0.05) is 12.5 Å². The molecule has 0 fully saturated rings. The van der Waals surface area contributed by atoms with E-state index in [1.165, 1.54) is 6.07 Å². The number of nitro benzene ring substituents is 1. The van der Waals surface area contributed by atoms with Crippen molar-refractivity contribution in [1.82, 2.24) is 0 Å². The summed E-state index contributed by atoms with van der Waals surface area (Å²) >= 11 is 0. The van der Waals surface area contributed by atoms with E-state index in [1.807, 2.05) is 6.92 Å². The van der Waals surface area contributed by atoms with Crippen molar-refractivity contribution in [1.29, 1.82) is 0 Å². The number of nitrogens with one attached hydrogen (secondary N) is 1. The summed E-state index contributed by atoms with van der Waals surface area (Å²) in [5.74, 6) is 0.229. The van der Waals surface area contributed by atoms with Gasteiger partial charge in [0.05, 0.1) is 4.92 Å². The van der Waals surface area contributed by atoms with Crippen molar-refractivity contribution in [3.05, 3.63) is 33.9 Å². The highest BCUT2D eigenvalue weighted by Gasteiger charge is 2.16. The van der Waals surface area contributed by atoms with Crippen molar-refractivity contribution in [2.45, 2.75) is 39.5 Å². The molecule has 21 heavy (non-hydrogen) atoms. The van der Waals surface area contributed by atoms with E-state index in [9.17, 15) is 14.9 Å². The highest BCUT2D eigenvalue weighted by molar-refractivity contribution is 5.93. The van der Waals surface area contributed by atoms with Crippen molar-refractivity contribution in [3.8, 4) is 0 Å². The van der Waals surface area contributed by atoms with Crippen LogP contribution in [0.3, 0.4) is 0 Å². The van der Waals surface area contributed by atoms with Crippen LogP contribution in [0.15, 0.2) is 18.2 Å². The van der Waals surface area contributed by atoms with Crippen LogP contribution < -0.4 is 11.1 Å². The number of nitrogens with zero attached hydrogens (tertiary/aromatic N) is 1. The Morgan fingerprint density at radius 2 is 2.14 bits per heavy atom. The van der Waals surface area contributed by atoms with Crippen LogP contribution in [-0.4, -0.2) is 17.4 Å². The normalized spacial score (nSPS) is 12.0. The molecule has 6 nitrogen and oxygen atoms in total. The minimum atomic E-state index is -0.488. The second kappa shape index (κ2) is 8.36. The Hall–Kier alpha value is -1.95. The van der Waals surface area contributed by atoms with Gasteiger partial charge in [0.2, 0.25) is 5.91 Å². The number of amides is 1.